The maximum Gasteiger partial charge on any atom is 0.238 e. The number of ether oxygens (including phenoxy) is 2. The molecule has 0 atom stereocenters. The Labute approximate surface area is 96.3 Å². The first-order chi connectivity index (χ1) is 7.74. The molecule has 0 saturated carbocycles. The van der Waals surface area contributed by atoms with Crippen molar-refractivity contribution in [3.63, 3.8) is 0 Å². The number of methoxy groups -OCH3 is 2. The molecule has 0 fully saturated rings. The Bertz CT molecular complexity index is 287. The van der Waals surface area contributed by atoms with Gasteiger partial charge in [0.15, 0.2) is 5.92 Å². The van der Waals surface area contributed by atoms with Crippen molar-refractivity contribution < 1.29 is 14.3 Å². The predicted molar refractivity (Wildman–Crippen MR) is 61.6 cm³/mol. The lowest BCUT2D eigenvalue weighted by Gasteiger charge is -2.23. The Kier molecular flexibility index (Phi) is 4.89. The number of hydrogen-bond donors (Lipinski definition) is 1. The van der Waals surface area contributed by atoms with Crippen molar-refractivity contribution in [2.24, 2.45) is 5.92 Å². The summed E-state index contributed by atoms with van der Waals surface area (Å²) in [5.74, 6) is 0.818. The first-order valence-corrected chi connectivity index (χ1v) is 5.50. The summed E-state index contributed by atoms with van der Waals surface area (Å²) in [6.07, 6.45) is 5.46. The van der Waals surface area contributed by atoms with Gasteiger partial charge in [-0.25, -0.2) is 0 Å². The van der Waals surface area contributed by atoms with Gasteiger partial charge in [0.05, 0.1) is 14.2 Å². The Hall–Kier alpha value is -1.45. The molecule has 0 aliphatic heterocycles. The topological polar surface area (TPSA) is 47.6 Å². The zero-order chi connectivity index (χ0) is 12.0. The molecule has 16 heavy (non-hydrogen) atoms. The Morgan fingerprint density at radius 1 is 1.38 bits per heavy atom. The summed E-state index contributed by atoms with van der Waals surface area (Å²) in [4.78, 5) is 11.9. The molecule has 0 spiro atoms. The van der Waals surface area contributed by atoms with Crippen molar-refractivity contribution in [3.05, 3.63) is 23.7 Å². The molecule has 0 radical (unpaired) electrons. The highest BCUT2D eigenvalue weighted by molar-refractivity contribution is 5.84. The molecule has 4 nitrogen and oxygen atoms in total. The summed E-state index contributed by atoms with van der Waals surface area (Å²) in [6, 6.07) is 0. The van der Waals surface area contributed by atoms with Crippen LogP contribution in [0.3, 0.4) is 0 Å². The van der Waals surface area contributed by atoms with Gasteiger partial charge < -0.3 is 14.8 Å². The van der Waals surface area contributed by atoms with Crippen LogP contribution in [0.1, 0.15) is 19.8 Å². The summed E-state index contributed by atoms with van der Waals surface area (Å²) in [5, 5.41) is 2.85. The average Bonchev–Trinajstić information content (AvgIpc) is 2.34. The summed E-state index contributed by atoms with van der Waals surface area (Å²) >= 11 is 0. The molecule has 0 bridgehead atoms. The first kappa shape index (κ1) is 12.6. The molecule has 1 rings (SSSR count). The van der Waals surface area contributed by atoms with E-state index >= 15 is 0 Å². The van der Waals surface area contributed by atoms with Gasteiger partial charge in [-0.3, -0.25) is 4.79 Å². The van der Waals surface area contributed by atoms with Crippen LogP contribution in [0.5, 0.6) is 0 Å². The second-order valence-electron chi connectivity index (χ2n) is 3.58. The van der Waals surface area contributed by atoms with E-state index in [9.17, 15) is 4.79 Å². The lowest BCUT2D eigenvalue weighted by Crippen LogP contribution is -2.35. The molecule has 4 heteroatoms. The minimum atomic E-state index is -0.435. The van der Waals surface area contributed by atoms with Crippen LogP contribution >= 0.6 is 0 Å². The summed E-state index contributed by atoms with van der Waals surface area (Å²) in [7, 11) is 3.15. The van der Waals surface area contributed by atoms with E-state index in [4.69, 9.17) is 9.47 Å². The number of carbonyl (C=O) groups is 1. The third kappa shape index (κ3) is 2.78. The van der Waals surface area contributed by atoms with Crippen molar-refractivity contribution in [2.45, 2.75) is 19.8 Å². The molecule has 0 unspecified atom stereocenters. The number of hydrogen-bond acceptors (Lipinski definition) is 3. The van der Waals surface area contributed by atoms with Crippen LogP contribution in [0, 0.1) is 5.92 Å². The molecule has 1 amide bonds. The molecule has 1 aliphatic rings. The lowest BCUT2D eigenvalue weighted by atomic mass is 9.97. The average molecular weight is 225 g/mol. The Morgan fingerprint density at radius 2 is 1.94 bits per heavy atom. The number of carbonyl (C=O) groups excluding carboxylic acids is 1. The third-order valence-electron chi connectivity index (χ3n) is 2.49. The maximum atomic E-state index is 11.9. The van der Waals surface area contributed by atoms with Gasteiger partial charge >= 0.3 is 0 Å². The van der Waals surface area contributed by atoms with E-state index < -0.39 is 5.92 Å². The highest BCUT2D eigenvalue weighted by Gasteiger charge is 2.30. The first-order valence-electron chi connectivity index (χ1n) is 5.50. The molecule has 0 saturated heterocycles. The Morgan fingerprint density at radius 3 is 2.38 bits per heavy atom. The van der Waals surface area contributed by atoms with Crippen LogP contribution in [0.2, 0.25) is 0 Å². The maximum absolute atomic E-state index is 11.9. The zero-order valence-electron chi connectivity index (χ0n) is 10.1. The molecule has 1 N–H and O–H groups in total. The number of amides is 1. The van der Waals surface area contributed by atoms with E-state index in [1.807, 2.05) is 19.1 Å². The second kappa shape index (κ2) is 6.20. The standard InChI is InChI=1S/C12H19NO3/c1-4-8-13-12(14)11-9(15-2)6-5-7-10(11)16-3/h6-7,11H,4-5,8H2,1-3H3,(H,13,14). The van der Waals surface area contributed by atoms with Gasteiger partial charge in [0.25, 0.3) is 0 Å². The SMILES string of the molecule is CCCNC(=O)C1C(OC)=CCC=C1OC. The van der Waals surface area contributed by atoms with Crippen LogP contribution < -0.4 is 5.32 Å². The van der Waals surface area contributed by atoms with Crippen LogP contribution in [0.15, 0.2) is 23.7 Å². The summed E-state index contributed by atoms with van der Waals surface area (Å²) in [5.41, 5.74) is 0. The van der Waals surface area contributed by atoms with Crippen LogP contribution in [0.25, 0.3) is 0 Å². The summed E-state index contributed by atoms with van der Waals surface area (Å²) < 4.78 is 10.4. The molecule has 0 heterocycles. The molecule has 0 aromatic rings. The zero-order valence-corrected chi connectivity index (χ0v) is 10.1. The van der Waals surface area contributed by atoms with Gasteiger partial charge in [-0.1, -0.05) is 6.92 Å². The van der Waals surface area contributed by atoms with Crippen LogP contribution in [0.4, 0.5) is 0 Å². The normalized spacial score (nSPS) is 16.2. The third-order valence-corrected chi connectivity index (χ3v) is 2.49. The number of rotatable bonds is 5. The highest BCUT2D eigenvalue weighted by atomic mass is 16.5. The van der Waals surface area contributed by atoms with E-state index in [0.717, 1.165) is 12.8 Å². The largest absolute Gasteiger partial charge is 0.500 e. The van der Waals surface area contributed by atoms with Crippen molar-refractivity contribution in [2.75, 3.05) is 20.8 Å². The second-order valence-corrected chi connectivity index (χ2v) is 3.58. The fourth-order valence-corrected chi connectivity index (χ4v) is 1.68. The Balaban J connectivity index is 2.77. The minimum absolute atomic E-state index is 0.0669. The monoisotopic (exact) mass is 225 g/mol. The van der Waals surface area contributed by atoms with E-state index in [2.05, 4.69) is 5.32 Å². The van der Waals surface area contributed by atoms with E-state index in [1.54, 1.807) is 14.2 Å². The van der Waals surface area contributed by atoms with E-state index in [-0.39, 0.29) is 5.91 Å². The predicted octanol–water partition coefficient (Wildman–Crippen LogP) is 1.59. The highest BCUT2D eigenvalue weighted by Crippen LogP contribution is 2.27. The van der Waals surface area contributed by atoms with Crippen LogP contribution in [-0.4, -0.2) is 26.7 Å². The van der Waals surface area contributed by atoms with Gasteiger partial charge in [0.1, 0.15) is 11.5 Å². The minimum Gasteiger partial charge on any atom is -0.500 e. The van der Waals surface area contributed by atoms with E-state index in [0.29, 0.717) is 18.1 Å². The van der Waals surface area contributed by atoms with Gasteiger partial charge in [-0.2, -0.15) is 0 Å². The molecular formula is C12H19NO3. The fraction of sp³-hybridized carbons (Fsp3) is 0.583. The summed E-state index contributed by atoms with van der Waals surface area (Å²) in [6.45, 7) is 2.69. The van der Waals surface area contributed by atoms with Crippen molar-refractivity contribution in [1.82, 2.24) is 5.32 Å². The molecule has 1 aliphatic carbocycles. The number of nitrogens with one attached hydrogen (secondary N) is 1. The fourth-order valence-electron chi connectivity index (χ4n) is 1.68. The smallest absolute Gasteiger partial charge is 0.238 e. The molecule has 90 valence electrons. The van der Waals surface area contributed by atoms with Crippen LogP contribution in [-0.2, 0) is 14.3 Å². The van der Waals surface area contributed by atoms with E-state index in [1.165, 1.54) is 0 Å². The molecule has 0 aromatic heterocycles. The van der Waals surface area contributed by atoms with Crippen molar-refractivity contribution in [1.29, 1.82) is 0 Å². The van der Waals surface area contributed by atoms with Crippen molar-refractivity contribution >= 4 is 5.91 Å². The lowest BCUT2D eigenvalue weighted by molar-refractivity contribution is -0.124. The van der Waals surface area contributed by atoms with Gasteiger partial charge in [0.2, 0.25) is 5.91 Å². The molecular weight excluding hydrogens is 206 g/mol. The molecule has 0 aromatic carbocycles. The van der Waals surface area contributed by atoms with Gasteiger partial charge in [-0.05, 0) is 25.0 Å². The number of allylic oxidation sites excluding steroid dienone is 2. The van der Waals surface area contributed by atoms with Gasteiger partial charge in [-0.15, -0.1) is 0 Å². The quantitative estimate of drug-likeness (QED) is 0.773. The van der Waals surface area contributed by atoms with Gasteiger partial charge in [0, 0.05) is 6.54 Å². The van der Waals surface area contributed by atoms with Crippen molar-refractivity contribution in [3.8, 4) is 0 Å².